The molecule has 0 aliphatic rings. The van der Waals surface area contributed by atoms with Crippen molar-refractivity contribution in [3.05, 3.63) is 65.2 Å². The number of aryl methyl sites for hydroxylation is 1. The third-order valence-electron chi connectivity index (χ3n) is 3.51. The molecule has 1 amide bonds. The molecular weight excluding hydrogens is 298 g/mol. The molecule has 3 nitrogen and oxygen atoms in total. The highest BCUT2D eigenvalue weighted by Crippen LogP contribution is 2.17. The summed E-state index contributed by atoms with van der Waals surface area (Å²) in [5.41, 5.74) is 1.93. The van der Waals surface area contributed by atoms with E-state index >= 15 is 0 Å². The van der Waals surface area contributed by atoms with E-state index in [1.54, 1.807) is 0 Å². The monoisotopic (exact) mass is 318 g/mol. The highest BCUT2D eigenvalue weighted by atomic mass is 19.2. The number of para-hydroxylation sites is 1. The molecule has 0 aliphatic carbocycles. The molecule has 2 aromatic rings. The normalized spacial score (nSPS) is 10.6. The van der Waals surface area contributed by atoms with Gasteiger partial charge in [0.15, 0.2) is 11.6 Å². The van der Waals surface area contributed by atoms with Crippen LogP contribution in [-0.4, -0.2) is 12.5 Å². The van der Waals surface area contributed by atoms with Crippen molar-refractivity contribution in [2.24, 2.45) is 0 Å². The summed E-state index contributed by atoms with van der Waals surface area (Å²) >= 11 is 0. The zero-order chi connectivity index (χ0) is 16.7. The van der Waals surface area contributed by atoms with Crippen LogP contribution in [0, 0.1) is 11.6 Å². The first-order valence-corrected chi connectivity index (χ1v) is 7.63. The summed E-state index contributed by atoms with van der Waals surface area (Å²) in [7, 11) is 0. The number of hydrogen-bond donors (Lipinski definition) is 2. The Morgan fingerprint density at radius 3 is 2.57 bits per heavy atom. The first kappa shape index (κ1) is 17.1. The standard InChI is InChI=1S/C18H20F2N2O/c1-2-21-12-14-6-3-4-9-16(14)22-17(23)11-10-13-7-5-8-15(19)18(13)20/h3-9,21H,2,10-12H2,1H3,(H,22,23). The van der Waals surface area contributed by atoms with Gasteiger partial charge in [0, 0.05) is 18.7 Å². The van der Waals surface area contributed by atoms with Gasteiger partial charge in [-0.25, -0.2) is 8.78 Å². The van der Waals surface area contributed by atoms with Gasteiger partial charge >= 0.3 is 0 Å². The molecule has 2 rings (SSSR count). The maximum Gasteiger partial charge on any atom is 0.224 e. The lowest BCUT2D eigenvalue weighted by Gasteiger charge is -2.11. The minimum Gasteiger partial charge on any atom is -0.326 e. The van der Waals surface area contributed by atoms with Gasteiger partial charge in [0.2, 0.25) is 5.91 Å². The fraction of sp³-hybridized carbons (Fsp3) is 0.278. The Labute approximate surface area is 134 Å². The first-order valence-electron chi connectivity index (χ1n) is 7.63. The first-order chi connectivity index (χ1) is 11.1. The molecule has 0 aromatic heterocycles. The molecule has 0 bridgehead atoms. The lowest BCUT2D eigenvalue weighted by molar-refractivity contribution is -0.116. The van der Waals surface area contributed by atoms with Gasteiger partial charge in [-0.15, -0.1) is 0 Å². The molecule has 2 N–H and O–H groups in total. The molecule has 0 saturated heterocycles. The molecular formula is C18H20F2N2O. The molecule has 122 valence electrons. The fourth-order valence-electron chi connectivity index (χ4n) is 2.26. The van der Waals surface area contributed by atoms with Crippen molar-refractivity contribution in [1.82, 2.24) is 5.32 Å². The summed E-state index contributed by atoms with van der Waals surface area (Å²) in [6, 6.07) is 11.5. The maximum absolute atomic E-state index is 13.6. The average molecular weight is 318 g/mol. The van der Waals surface area contributed by atoms with Crippen LogP contribution in [0.25, 0.3) is 0 Å². The van der Waals surface area contributed by atoms with Crippen LogP contribution < -0.4 is 10.6 Å². The highest BCUT2D eigenvalue weighted by Gasteiger charge is 2.11. The van der Waals surface area contributed by atoms with E-state index in [1.807, 2.05) is 31.2 Å². The Hall–Kier alpha value is -2.27. The van der Waals surface area contributed by atoms with E-state index in [9.17, 15) is 13.6 Å². The van der Waals surface area contributed by atoms with Crippen molar-refractivity contribution in [2.45, 2.75) is 26.3 Å². The molecule has 0 aliphatic heterocycles. The number of anilines is 1. The second-order valence-electron chi connectivity index (χ2n) is 5.20. The Morgan fingerprint density at radius 2 is 1.78 bits per heavy atom. The van der Waals surface area contributed by atoms with E-state index in [1.165, 1.54) is 12.1 Å². The Balaban J connectivity index is 1.96. The maximum atomic E-state index is 13.6. The van der Waals surface area contributed by atoms with Gasteiger partial charge < -0.3 is 10.6 Å². The summed E-state index contributed by atoms with van der Waals surface area (Å²) in [5, 5.41) is 6.04. The lowest BCUT2D eigenvalue weighted by Crippen LogP contribution is -2.17. The molecule has 0 heterocycles. The second kappa shape index (κ2) is 8.39. The number of halogens is 2. The van der Waals surface area contributed by atoms with Gasteiger partial charge in [0.05, 0.1) is 0 Å². The zero-order valence-electron chi connectivity index (χ0n) is 13.0. The van der Waals surface area contributed by atoms with Gasteiger partial charge in [0.1, 0.15) is 0 Å². The smallest absolute Gasteiger partial charge is 0.224 e. The molecule has 0 radical (unpaired) electrons. The van der Waals surface area contributed by atoms with Gasteiger partial charge in [-0.2, -0.15) is 0 Å². The van der Waals surface area contributed by atoms with Crippen LogP contribution in [0.2, 0.25) is 0 Å². The summed E-state index contributed by atoms with van der Waals surface area (Å²) < 4.78 is 26.7. The number of carbonyl (C=O) groups excluding carboxylic acids is 1. The van der Waals surface area contributed by atoms with E-state index in [0.29, 0.717) is 6.54 Å². The summed E-state index contributed by atoms with van der Waals surface area (Å²) in [6.07, 6.45) is 0.251. The largest absolute Gasteiger partial charge is 0.326 e. The minimum atomic E-state index is -0.890. The van der Waals surface area contributed by atoms with Crippen molar-refractivity contribution in [3.8, 4) is 0 Å². The Morgan fingerprint density at radius 1 is 1.04 bits per heavy atom. The number of hydrogen-bond acceptors (Lipinski definition) is 2. The number of amides is 1. The molecule has 0 unspecified atom stereocenters. The molecule has 0 fully saturated rings. The lowest BCUT2D eigenvalue weighted by atomic mass is 10.1. The molecule has 0 atom stereocenters. The third kappa shape index (κ3) is 4.86. The van der Waals surface area contributed by atoms with Gasteiger partial charge in [-0.05, 0) is 36.2 Å². The molecule has 2 aromatic carbocycles. The van der Waals surface area contributed by atoms with Crippen molar-refractivity contribution < 1.29 is 13.6 Å². The number of rotatable bonds is 7. The van der Waals surface area contributed by atoms with Crippen LogP contribution >= 0.6 is 0 Å². The third-order valence-corrected chi connectivity index (χ3v) is 3.51. The summed E-state index contributed by atoms with van der Waals surface area (Å²) in [4.78, 5) is 12.1. The SMILES string of the molecule is CCNCc1ccccc1NC(=O)CCc1cccc(F)c1F. The van der Waals surface area contributed by atoms with Crippen LogP contribution in [0.1, 0.15) is 24.5 Å². The molecule has 0 spiro atoms. The number of carbonyl (C=O) groups is 1. The second-order valence-corrected chi connectivity index (χ2v) is 5.20. The van der Waals surface area contributed by atoms with Gasteiger partial charge in [-0.3, -0.25) is 4.79 Å². The number of nitrogens with one attached hydrogen (secondary N) is 2. The Kier molecular flexibility index (Phi) is 6.23. The van der Waals surface area contributed by atoms with Gasteiger partial charge in [-0.1, -0.05) is 37.3 Å². The molecule has 0 saturated carbocycles. The quantitative estimate of drug-likeness (QED) is 0.818. The van der Waals surface area contributed by atoms with Gasteiger partial charge in [0.25, 0.3) is 0 Å². The van der Waals surface area contributed by atoms with E-state index in [-0.39, 0.29) is 24.3 Å². The van der Waals surface area contributed by atoms with Crippen LogP contribution in [-0.2, 0) is 17.8 Å². The summed E-state index contributed by atoms with van der Waals surface area (Å²) in [5.74, 6) is -2.00. The predicted octanol–water partition coefficient (Wildman–Crippen LogP) is 3.65. The zero-order valence-corrected chi connectivity index (χ0v) is 13.0. The predicted molar refractivity (Wildman–Crippen MR) is 87.1 cm³/mol. The summed E-state index contributed by atoms with van der Waals surface area (Å²) in [6.45, 7) is 3.50. The van der Waals surface area contributed by atoms with Crippen molar-refractivity contribution in [2.75, 3.05) is 11.9 Å². The van der Waals surface area contributed by atoms with Crippen LogP contribution in [0.3, 0.4) is 0 Å². The van der Waals surface area contributed by atoms with Crippen molar-refractivity contribution in [3.63, 3.8) is 0 Å². The van der Waals surface area contributed by atoms with E-state index < -0.39 is 11.6 Å². The van der Waals surface area contributed by atoms with Crippen molar-refractivity contribution in [1.29, 1.82) is 0 Å². The molecule has 23 heavy (non-hydrogen) atoms. The fourth-order valence-corrected chi connectivity index (χ4v) is 2.26. The Bertz CT molecular complexity index is 674. The van der Waals surface area contributed by atoms with Crippen molar-refractivity contribution >= 4 is 11.6 Å². The van der Waals surface area contributed by atoms with E-state index in [4.69, 9.17) is 0 Å². The van der Waals surface area contributed by atoms with Crippen LogP contribution in [0.5, 0.6) is 0 Å². The van der Waals surface area contributed by atoms with Crippen LogP contribution in [0.4, 0.5) is 14.5 Å². The highest BCUT2D eigenvalue weighted by molar-refractivity contribution is 5.91. The minimum absolute atomic E-state index is 0.0932. The molecule has 5 heteroatoms. The average Bonchev–Trinajstić information content (AvgIpc) is 2.55. The number of benzene rings is 2. The van der Waals surface area contributed by atoms with E-state index in [0.717, 1.165) is 23.9 Å². The van der Waals surface area contributed by atoms with E-state index in [2.05, 4.69) is 10.6 Å². The topological polar surface area (TPSA) is 41.1 Å². The van der Waals surface area contributed by atoms with Crippen LogP contribution in [0.15, 0.2) is 42.5 Å².